The van der Waals surface area contributed by atoms with Gasteiger partial charge in [0.2, 0.25) is 0 Å². The fourth-order valence-electron chi connectivity index (χ4n) is 2.90. The van der Waals surface area contributed by atoms with Gasteiger partial charge in [-0.2, -0.15) is 0 Å². The summed E-state index contributed by atoms with van der Waals surface area (Å²) in [6.07, 6.45) is 4.82. The molecule has 2 rings (SSSR count). The number of pyridine rings is 1. The van der Waals surface area contributed by atoms with E-state index in [1.807, 2.05) is 31.1 Å². The highest BCUT2D eigenvalue weighted by molar-refractivity contribution is 5.92. The Morgan fingerprint density at radius 3 is 2.79 bits per heavy atom. The number of hydrogen-bond acceptors (Lipinski definition) is 3. The van der Waals surface area contributed by atoms with Gasteiger partial charge in [-0.3, -0.25) is 4.79 Å². The Morgan fingerprint density at radius 2 is 2.11 bits per heavy atom. The maximum atomic E-state index is 12.5. The number of anilines is 1. The lowest BCUT2D eigenvalue weighted by atomic mass is 9.85. The van der Waals surface area contributed by atoms with E-state index in [1.165, 1.54) is 19.3 Å². The lowest BCUT2D eigenvalue weighted by Gasteiger charge is -2.36. The van der Waals surface area contributed by atoms with Crippen LogP contribution in [0.5, 0.6) is 0 Å². The van der Waals surface area contributed by atoms with Crippen LogP contribution in [-0.2, 0) is 0 Å². The van der Waals surface area contributed by atoms with Crippen molar-refractivity contribution in [2.45, 2.75) is 38.6 Å². The van der Waals surface area contributed by atoms with E-state index in [-0.39, 0.29) is 5.91 Å². The van der Waals surface area contributed by atoms with Crippen LogP contribution in [0.25, 0.3) is 0 Å². The molecule has 0 aliphatic heterocycles. The molecule has 0 aromatic carbocycles. The zero-order chi connectivity index (χ0) is 13.8. The van der Waals surface area contributed by atoms with Gasteiger partial charge in [0.05, 0.1) is 0 Å². The Balaban J connectivity index is 2.13. The molecule has 2 atom stereocenters. The standard InChI is InChI=1S/C15H23N3O/c1-11-7-4-5-9-13(11)18(3)15(19)12-8-6-10-14(16-2)17-12/h6,8,10-11,13H,4-5,7,9H2,1-3H3,(H,16,17). The first-order chi connectivity index (χ1) is 9.13. The fraction of sp³-hybridized carbons (Fsp3) is 0.600. The second-order valence-corrected chi connectivity index (χ2v) is 5.40. The highest BCUT2D eigenvalue weighted by Crippen LogP contribution is 2.28. The molecule has 1 aliphatic carbocycles. The molecule has 0 radical (unpaired) electrons. The van der Waals surface area contributed by atoms with Gasteiger partial charge in [0.1, 0.15) is 11.5 Å². The largest absolute Gasteiger partial charge is 0.373 e. The molecule has 4 heteroatoms. The first-order valence-electron chi connectivity index (χ1n) is 7.05. The smallest absolute Gasteiger partial charge is 0.272 e. The number of amides is 1. The molecule has 1 saturated carbocycles. The second-order valence-electron chi connectivity index (χ2n) is 5.40. The molecule has 1 fully saturated rings. The Bertz CT molecular complexity index is 447. The van der Waals surface area contributed by atoms with E-state index in [2.05, 4.69) is 17.2 Å². The van der Waals surface area contributed by atoms with E-state index in [4.69, 9.17) is 0 Å². The third kappa shape index (κ3) is 3.06. The van der Waals surface area contributed by atoms with Crippen LogP contribution in [0.15, 0.2) is 18.2 Å². The van der Waals surface area contributed by atoms with E-state index < -0.39 is 0 Å². The van der Waals surface area contributed by atoms with Gasteiger partial charge in [-0.25, -0.2) is 4.98 Å². The average Bonchev–Trinajstić information content (AvgIpc) is 2.46. The minimum atomic E-state index is 0.0239. The van der Waals surface area contributed by atoms with Gasteiger partial charge < -0.3 is 10.2 Å². The molecular weight excluding hydrogens is 238 g/mol. The number of nitrogens with one attached hydrogen (secondary N) is 1. The van der Waals surface area contributed by atoms with Gasteiger partial charge in [-0.05, 0) is 30.9 Å². The van der Waals surface area contributed by atoms with Crippen LogP contribution in [0, 0.1) is 5.92 Å². The average molecular weight is 261 g/mol. The lowest BCUT2D eigenvalue weighted by Crippen LogP contribution is -2.42. The maximum absolute atomic E-state index is 12.5. The molecule has 0 spiro atoms. The molecule has 1 heterocycles. The normalized spacial score (nSPS) is 22.9. The third-order valence-electron chi connectivity index (χ3n) is 4.11. The van der Waals surface area contributed by atoms with Crippen molar-refractivity contribution in [2.24, 2.45) is 5.92 Å². The predicted octanol–water partition coefficient (Wildman–Crippen LogP) is 2.77. The molecule has 19 heavy (non-hydrogen) atoms. The Hall–Kier alpha value is -1.58. The molecule has 2 unspecified atom stereocenters. The summed E-state index contributed by atoms with van der Waals surface area (Å²) in [5.74, 6) is 1.34. The van der Waals surface area contributed by atoms with Crippen LogP contribution in [0.3, 0.4) is 0 Å². The van der Waals surface area contributed by atoms with Crippen molar-refractivity contribution in [3.05, 3.63) is 23.9 Å². The van der Waals surface area contributed by atoms with Crippen molar-refractivity contribution in [1.29, 1.82) is 0 Å². The van der Waals surface area contributed by atoms with Gasteiger partial charge in [0, 0.05) is 20.1 Å². The van der Waals surface area contributed by atoms with Gasteiger partial charge in [-0.15, -0.1) is 0 Å². The monoisotopic (exact) mass is 261 g/mol. The molecule has 1 aromatic heterocycles. The molecule has 1 aromatic rings. The Kier molecular flexibility index (Phi) is 4.40. The van der Waals surface area contributed by atoms with Gasteiger partial charge in [0.15, 0.2) is 0 Å². The van der Waals surface area contributed by atoms with Crippen molar-refractivity contribution < 1.29 is 4.79 Å². The zero-order valence-electron chi connectivity index (χ0n) is 12.0. The molecule has 0 saturated heterocycles. The summed E-state index contributed by atoms with van der Waals surface area (Å²) in [4.78, 5) is 18.7. The molecule has 104 valence electrons. The van der Waals surface area contributed by atoms with E-state index in [0.717, 1.165) is 12.2 Å². The van der Waals surface area contributed by atoms with Crippen LogP contribution < -0.4 is 5.32 Å². The Labute approximate surface area is 115 Å². The first-order valence-corrected chi connectivity index (χ1v) is 7.05. The van der Waals surface area contributed by atoms with Crippen LogP contribution in [-0.4, -0.2) is 35.9 Å². The fourth-order valence-corrected chi connectivity index (χ4v) is 2.90. The summed E-state index contributed by atoms with van der Waals surface area (Å²) in [6, 6.07) is 5.86. The summed E-state index contributed by atoms with van der Waals surface area (Å²) in [6.45, 7) is 2.24. The summed E-state index contributed by atoms with van der Waals surface area (Å²) in [5.41, 5.74) is 0.520. The summed E-state index contributed by atoms with van der Waals surface area (Å²) in [7, 11) is 3.71. The lowest BCUT2D eigenvalue weighted by molar-refractivity contribution is 0.0623. The van der Waals surface area contributed by atoms with Crippen molar-refractivity contribution in [3.8, 4) is 0 Å². The molecule has 0 bridgehead atoms. The van der Waals surface area contributed by atoms with E-state index >= 15 is 0 Å². The van der Waals surface area contributed by atoms with Gasteiger partial charge >= 0.3 is 0 Å². The van der Waals surface area contributed by atoms with Crippen molar-refractivity contribution in [2.75, 3.05) is 19.4 Å². The van der Waals surface area contributed by atoms with E-state index in [0.29, 0.717) is 17.7 Å². The molecule has 4 nitrogen and oxygen atoms in total. The predicted molar refractivity (Wildman–Crippen MR) is 77.3 cm³/mol. The minimum absolute atomic E-state index is 0.0239. The van der Waals surface area contributed by atoms with Crippen LogP contribution in [0.2, 0.25) is 0 Å². The quantitative estimate of drug-likeness (QED) is 0.910. The topological polar surface area (TPSA) is 45.2 Å². The number of carbonyl (C=O) groups excluding carboxylic acids is 1. The Morgan fingerprint density at radius 1 is 1.37 bits per heavy atom. The van der Waals surface area contributed by atoms with Crippen molar-refractivity contribution in [3.63, 3.8) is 0 Å². The highest BCUT2D eigenvalue weighted by atomic mass is 16.2. The number of hydrogen-bond donors (Lipinski definition) is 1. The number of nitrogens with zero attached hydrogens (tertiary/aromatic N) is 2. The first kappa shape index (κ1) is 13.8. The summed E-state index contributed by atoms with van der Waals surface area (Å²) >= 11 is 0. The number of rotatable bonds is 3. The van der Waals surface area contributed by atoms with Crippen molar-refractivity contribution in [1.82, 2.24) is 9.88 Å². The van der Waals surface area contributed by atoms with Crippen LogP contribution in [0.4, 0.5) is 5.82 Å². The molecular formula is C15H23N3O. The van der Waals surface area contributed by atoms with Gasteiger partial charge in [0.25, 0.3) is 5.91 Å². The van der Waals surface area contributed by atoms with Crippen molar-refractivity contribution >= 4 is 11.7 Å². The zero-order valence-corrected chi connectivity index (χ0v) is 12.0. The van der Waals surface area contributed by atoms with Gasteiger partial charge in [-0.1, -0.05) is 25.8 Å². The third-order valence-corrected chi connectivity index (χ3v) is 4.11. The highest BCUT2D eigenvalue weighted by Gasteiger charge is 2.28. The number of carbonyl (C=O) groups is 1. The minimum Gasteiger partial charge on any atom is -0.373 e. The van der Waals surface area contributed by atoms with Crippen LogP contribution >= 0.6 is 0 Å². The maximum Gasteiger partial charge on any atom is 0.272 e. The molecule has 1 N–H and O–H groups in total. The SMILES string of the molecule is CNc1cccc(C(=O)N(C)C2CCCCC2C)n1. The van der Waals surface area contributed by atoms with E-state index in [1.54, 1.807) is 6.07 Å². The summed E-state index contributed by atoms with van der Waals surface area (Å²) in [5, 5.41) is 2.97. The molecule has 1 amide bonds. The van der Waals surface area contributed by atoms with E-state index in [9.17, 15) is 4.79 Å². The second kappa shape index (κ2) is 6.04. The summed E-state index contributed by atoms with van der Waals surface area (Å²) < 4.78 is 0. The van der Waals surface area contributed by atoms with Crippen LogP contribution in [0.1, 0.15) is 43.1 Å². The number of aromatic nitrogens is 1. The molecule has 1 aliphatic rings.